The molecule has 2 radical (unpaired) electrons. The van der Waals surface area contributed by atoms with E-state index < -0.39 is 0 Å². The molecular weight excluding hydrogens is 343 g/mol. The fourth-order valence-electron chi connectivity index (χ4n) is 1.50. The molecule has 0 bridgehead atoms. The van der Waals surface area contributed by atoms with Crippen molar-refractivity contribution in [3.8, 4) is 0 Å². The zero-order valence-electron chi connectivity index (χ0n) is 13.7. The summed E-state index contributed by atoms with van der Waals surface area (Å²) in [5.74, 6) is 1.24. The second-order valence-corrected chi connectivity index (χ2v) is 7.08. The molecule has 0 aliphatic carbocycles. The van der Waals surface area contributed by atoms with Crippen LogP contribution in [0.3, 0.4) is 0 Å². The van der Waals surface area contributed by atoms with Crippen molar-refractivity contribution >= 4 is 35.6 Å². The quantitative estimate of drug-likeness (QED) is 0.404. The van der Waals surface area contributed by atoms with Gasteiger partial charge in [0, 0.05) is 17.4 Å². The second kappa shape index (κ2) is 7.50. The van der Waals surface area contributed by atoms with Gasteiger partial charge in [-0.25, -0.2) is 0 Å². The summed E-state index contributed by atoms with van der Waals surface area (Å²) in [5.41, 5.74) is 5.42. The molecule has 4 N–H and O–H groups in total. The van der Waals surface area contributed by atoms with Gasteiger partial charge in [-0.1, -0.05) is 13.8 Å². The van der Waals surface area contributed by atoms with Crippen LogP contribution in [-0.4, -0.2) is 46.7 Å². The van der Waals surface area contributed by atoms with Crippen LogP contribution < -0.4 is 11.1 Å². The Kier molecular flexibility index (Phi) is 8.31. The van der Waals surface area contributed by atoms with Gasteiger partial charge in [0.2, 0.25) is 0 Å². The van der Waals surface area contributed by atoms with E-state index in [0.29, 0.717) is 0 Å². The van der Waals surface area contributed by atoms with Crippen molar-refractivity contribution < 1.29 is 0 Å². The number of nitrogens with one attached hydrogen (secondary N) is 2. The summed E-state index contributed by atoms with van der Waals surface area (Å²) in [6, 6.07) is 0. The molecular formula is C14H30N4Sn+2. The molecule has 0 aromatic rings. The van der Waals surface area contributed by atoms with Crippen LogP contribution in [0.2, 0.25) is 0 Å². The molecule has 4 nitrogen and oxygen atoms in total. The van der Waals surface area contributed by atoms with Crippen LogP contribution >= 0.6 is 0 Å². The number of aliphatic imine (C=N–C) groups is 1. The number of hydrogen-bond acceptors (Lipinski definition) is 2. The van der Waals surface area contributed by atoms with Gasteiger partial charge in [-0.3, -0.25) is 10.4 Å². The zero-order valence-corrected chi connectivity index (χ0v) is 16.5. The molecule has 0 amide bonds. The van der Waals surface area contributed by atoms with Gasteiger partial charge in [-0.15, -0.1) is 0 Å². The molecule has 2 atom stereocenters. The van der Waals surface area contributed by atoms with Crippen LogP contribution in [0.15, 0.2) is 4.99 Å². The number of nitrogens with zero attached hydrogens (tertiary/aromatic N) is 1. The van der Waals surface area contributed by atoms with Gasteiger partial charge in [-0.05, 0) is 41.5 Å². The first kappa shape index (κ1) is 21.0. The van der Waals surface area contributed by atoms with E-state index >= 15 is 0 Å². The molecule has 19 heavy (non-hydrogen) atoms. The van der Waals surface area contributed by atoms with Gasteiger partial charge in [0.25, 0.3) is 0 Å². The van der Waals surface area contributed by atoms with Crippen LogP contribution in [0.25, 0.3) is 0 Å². The van der Waals surface area contributed by atoms with Crippen LogP contribution in [0, 0.1) is 17.2 Å². The van der Waals surface area contributed by atoms with Gasteiger partial charge in [-0.2, -0.15) is 0 Å². The summed E-state index contributed by atoms with van der Waals surface area (Å²) in [5, 5.41) is 11.0. The summed E-state index contributed by atoms with van der Waals surface area (Å²) in [7, 11) is 0. The third-order valence-electron chi connectivity index (χ3n) is 2.63. The molecule has 0 heterocycles. The number of hydrogen-bond donors (Lipinski definition) is 3. The maximum absolute atomic E-state index is 7.58. The number of amidine groups is 2. The molecule has 5 heteroatoms. The van der Waals surface area contributed by atoms with E-state index in [2.05, 4.69) is 53.8 Å². The first-order valence-corrected chi connectivity index (χ1v) is 6.55. The zero-order chi connectivity index (χ0) is 14.7. The van der Waals surface area contributed by atoms with Gasteiger partial charge < -0.3 is 11.1 Å². The average molecular weight is 373 g/mol. The molecule has 108 valence electrons. The summed E-state index contributed by atoms with van der Waals surface area (Å²) in [6.45, 7) is 16.6. The predicted molar refractivity (Wildman–Crippen MR) is 86.1 cm³/mol. The monoisotopic (exact) mass is 374 g/mol. The SMILES string of the molecule is CC(C(=N)N)C(C)C(=NC(C)(C)C)NC(C)(C)C.[Sn+2]. The van der Waals surface area contributed by atoms with Crippen molar-refractivity contribution in [3.63, 3.8) is 0 Å². The Morgan fingerprint density at radius 2 is 1.47 bits per heavy atom. The fraction of sp³-hybridized carbons (Fsp3) is 0.857. The number of rotatable bonds is 3. The molecule has 0 saturated carbocycles. The molecule has 0 aliphatic heterocycles. The predicted octanol–water partition coefficient (Wildman–Crippen LogP) is 2.40. The molecule has 0 rings (SSSR count). The van der Waals surface area contributed by atoms with Crippen molar-refractivity contribution in [1.29, 1.82) is 5.41 Å². The van der Waals surface area contributed by atoms with Crippen molar-refractivity contribution in [2.75, 3.05) is 0 Å². The van der Waals surface area contributed by atoms with E-state index in [9.17, 15) is 0 Å². The Labute approximate surface area is 135 Å². The molecule has 0 aliphatic rings. The first-order valence-electron chi connectivity index (χ1n) is 6.55. The van der Waals surface area contributed by atoms with E-state index in [1.165, 1.54) is 0 Å². The Morgan fingerprint density at radius 3 is 1.74 bits per heavy atom. The van der Waals surface area contributed by atoms with Crippen LogP contribution in [0.1, 0.15) is 55.4 Å². The standard InChI is InChI=1S/C14H30N4.Sn/c1-9(11(15)16)10(2)12(17-13(3,4)5)18-14(6,7)8;/h9-10H,1-8H3,(H3,15,16)(H,17,18);/q;+2. The Hall–Kier alpha value is -0.261. The maximum Gasteiger partial charge on any atom is 2.00 e. The minimum Gasteiger partial charge on any atom is -0.387 e. The van der Waals surface area contributed by atoms with Gasteiger partial charge in [0.15, 0.2) is 0 Å². The minimum absolute atomic E-state index is 0. The van der Waals surface area contributed by atoms with E-state index in [1.54, 1.807) is 0 Å². The van der Waals surface area contributed by atoms with Crippen molar-refractivity contribution in [2.45, 2.75) is 66.5 Å². The average Bonchev–Trinajstić information content (AvgIpc) is 2.09. The number of nitrogens with two attached hydrogens (primary N) is 1. The smallest absolute Gasteiger partial charge is 0.387 e. The topological polar surface area (TPSA) is 74.3 Å². The fourth-order valence-corrected chi connectivity index (χ4v) is 1.50. The maximum atomic E-state index is 7.58. The van der Waals surface area contributed by atoms with Gasteiger partial charge in [0.1, 0.15) is 5.84 Å². The van der Waals surface area contributed by atoms with Crippen molar-refractivity contribution in [1.82, 2.24) is 5.32 Å². The molecule has 0 saturated heterocycles. The van der Waals surface area contributed by atoms with E-state index in [4.69, 9.17) is 16.1 Å². The van der Waals surface area contributed by atoms with Crippen LogP contribution in [0.5, 0.6) is 0 Å². The summed E-state index contributed by atoms with van der Waals surface area (Å²) >= 11 is 0. The molecule has 0 spiro atoms. The minimum atomic E-state index is -0.141. The third-order valence-corrected chi connectivity index (χ3v) is 2.63. The normalized spacial score (nSPS) is 16.3. The summed E-state index contributed by atoms with van der Waals surface area (Å²) < 4.78 is 0. The van der Waals surface area contributed by atoms with Crippen molar-refractivity contribution in [2.24, 2.45) is 22.6 Å². The largest absolute Gasteiger partial charge is 2.00 e. The van der Waals surface area contributed by atoms with Crippen molar-refractivity contribution in [3.05, 3.63) is 0 Å². The summed E-state index contributed by atoms with van der Waals surface area (Å²) in [6.07, 6.45) is 0. The van der Waals surface area contributed by atoms with E-state index in [1.807, 2.05) is 6.92 Å². The van der Waals surface area contributed by atoms with Gasteiger partial charge in [0.05, 0.1) is 11.4 Å². The molecule has 2 unspecified atom stereocenters. The van der Waals surface area contributed by atoms with Crippen LogP contribution in [-0.2, 0) is 0 Å². The summed E-state index contributed by atoms with van der Waals surface area (Å²) in [4.78, 5) is 4.75. The second-order valence-electron chi connectivity index (χ2n) is 7.08. The first-order chi connectivity index (χ1) is 7.83. The Bertz CT molecular complexity index is 323. The third kappa shape index (κ3) is 9.30. The Morgan fingerprint density at radius 1 is 1.05 bits per heavy atom. The Balaban J connectivity index is 0. The molecule has 0 aromatic heterocycles. The van der Waals surface area contributed by atoms with E-state index in [0.717, 1.165) is 5.84 Å². The van der Waals surface area contributed by atoms with E-state index in [-0.39, 0.29) is 52.7 Å². The molecule has 0 aromatic carbocycles. The van der Waals surface area contributed by atoms with Gasteiger partial charge >= 0.3 is 23.9 Å². The molecule has 0 fully saturated rings. The van der Waals surface area contributed by atoms with Crippen LogP contribution in [0.4, 0.5) is 0 Å².